The Morgan fingerprint density at radius 1 is 1.45 bits per heavy atom. The molecule has 0 unspecified atom stereocenters. The van der Waals surface area contributed by atoms with Crippen LogP contribution < -0.4 is 0 Å². The van der Waals surface area contributed by atoms with E-state index in [0.29, 0.717) is 11.5 Å². The van der Waals surface area contributed by atoms with Crippen LogP contribution in [-0.2, 0) is 0 Å². The summed E-state index contributed by atoms with van der Waals surface area (Å²) in [6.45, 7) is 6.91. The fourth-order valence-corrected chi connectivity index (χ4v) is 3.01. The third-order valence-corrected chi connectivity index (χ3v) is 4.58. The van der Waals surface area contributed by atoms with Crippen molar-refractivity contribution in [2.24, 2.45) is 5.92 Å². The molecule has 2 aromatic heterocycles. The second-order valence-corrected chi connectivity index (χ2v) is 6.70. The molecule has 1 amide bonds. The van der Waals surface area contributed by atoms with Crippen LogP contribution in [0.1, 0.15) is 55.2 Å². The molecule has 2 aromatic rings. The van der Waals surface area contributed by atoms with Crippen molar-refractivity contribution >= 4 is 16.9 Å². The van der Waals surface area contributed by atoms with Crippen LogP contribution >= 0.6 is 0 Å². The fourth-order valence-electron chi connectivity index (χ4n) is 3.01. The van der Waals surface area contributed by atoms with Crippen molar-refractivity contribution in [2.45, 2.75) is 46.1 Å². The van der Waals surface area contributed by atoms with E-state index in [1.807, 2.05) is 29.6 Å². The summed E-state index contributed by atoms with van der Waals surface area (Å²) in [5.74, 6) is 0.741. The van der Waals surface area contributed by atoms with Gasteiger partial charge in [0.05, 0.1) is 17.5 Å². The molecule has 1 aliphatic rings. The summed E-state index contributed by atoms with van der Waals surface area (Å²) < 4.78 is 1.90. The third kappa shape index (κ3) is 2.60. The molecular weight excluding hydrogens is 276 g/mol. The zero-order valence-electron chi connectivity index (χ0n) is 13.8. The van der Waals surface area contributed by atoms with E-state index in [1.165, 1.54) is 19.3 Å². The molecule has 5 nitrogen and oxygen atoms in total. The van der Waals surface area contributed by atoms with E-state index in [2.05, 4.69) is 23.9 Å². The SMILES string of the molecule is Cc1nc2c(cnn2C(C)C)cc1C(=O)N(C)CC1CCC1. The maximum atomic E-state index is 12.7. The topological polar surface area (TPSA) is 51.0 Å². The van der Waals surface area contributed by atoms with E-state index in [9.17, 15) is 4.79 Å². The normalized spacial score (nSPS) is 15.3. The number of aryl methyl sites for hydroxylation is 1. The number of hydrogen-bond acceptors (Lipinski definition) is 3. The lowest BCUT2D eigenvalue weighted by molar-refractivity contribution is 0.0744. The van der Waals surface area contributed by atoms with Crippen molar-refractivity contribution in [2.75, 3.05) is 13.6 Å². The van der Waals surface area contributed by atoms with Gasteiger partial charge in [0.15, 0.2) is 5.65 Å². The van der Waals surface area contributed by atoms with Crippen LogP contribution in [0, 0.1) is 12.8 Å². The number of carbonyl (C=O) groups excluding carboxylic acids is 1. The van der Waals surface area contributed by atoms with Gasteiger partial charge in [0.25, 0.3) is 5.91 Å². The molecule has 118 valence electrons. The first-order valence-electron chi connectivity index (χ1n) is 8.07. The number of aromatic nitrogens is 3. The molecule has 1 aliphatic carbocycles. The highest BCUT2D eigenvalue weighted by atomic mass is 16.2. The molecule has 2 heterocycles. The standard InChI is InChI=1S/C17H24N4O/c1-11(2)21-16-14(9-18-21)8-15(12(3)19-16)17(22)20(4)10-13-6-5-7-13/h8-9,11,13H,5-7,10H2,1-4H3. The van der Waals surface area contributed by atoms with E-state index in [4.69, 9.17) is 0 Å². The monoisotopic (exact) mass is 300 g/mol. The molecular formula is C17H24N4O. The molecule has 0 aromatic carbocycles. The highest BCUT2D eigenvalue weighted by molar-refractivity contribution is 5.98. The summed E-state index contributed by atoms with van der Waals surface area (Å²) in [4.78, 5) is 19.2. The van der Waals surface area contributed by atoms with Gasteiger partial charge < -0.3 is 4.90 Å². The van der Waals surface area contributed by atoms with Gasteiger partial charge in [0, 0.05) is 25.0 Å². The van der Waals surface area contributed by atoms with Crippen LogP contribution in [0.5, 0.6) is 0 Å². The van der Waals surface area contributed by atoms with Crippen LogP contribution in [0.2, 0.25) is 0 Å². The molecule has 3 rings (SSSR count). The maximum Gasteiger partial charge on any atom is 0.255 e. The Balaban J connectivity index is 1.89. The van der Waals surface area contributed by atoms with Gasteiger partial charge in [-0.3, -0.25) is 4.79 Å². The highest BCUT2D eigenvalue weighted by Crippen LogP contribution is 2.27. The lowest BCUT2D eigenvalue weighted by atomic mass is 9.85. The van der Waals surface area contributed by atoms with Gasteiger partial charge in [-0.05, 0) is 45.6 Å². The van der Waals surface area contributed by atoms with Crippen molar-refractivity contribution in [1.82, 2.24) is 19.7 Å². The zero-order valence-corrected chi connectivity index (χ0v) is 13.8. The Morgan fingerprint density at radius 2 is 2.18 bits per heavy atom. The first-order chi connectivity index (χ1) is 10.5. The average molecular weight is 300 g/mol. The van der Waals surface area contributed by atoms with Crippen molar-refractivity contribution in [1.29, 1.82) is 0 Å². The van der Waals surface area contributed by atoms with E-state index in [0.717, 1.165) is 23.3 Å². The van der Waals surface area contributed by atoms with E-state index >= 15 is 0 Å². The Hall–Kier alpha value is -1.91. The second kappa shape index (κ2) is 5.71. The number of rotatable bonds is 4. The molecule has 1 fully saturated rings. The minimum absolute atomic E-state index is 0.0658. The van der Waals surface area contributed by atoms with E-state index < -0.39 is 0 Å². The Labute approximate surface area is 131 Å². The smallest absolute Gasteiger partial charge is 0.255 e. The van der Waals surface area contributed by atoms with Gasteiger partial charge in [-0.1, -0.05) is 6.42 Å². The maximum absolute atomic E-state index is 12.7. The zero-order chi connectivity index (χ0) is 15.9. The van der Waals surface area contributed by atoms with Gasteiger partial charge >= 0.3 is 0 Å². The summed E-state index contributed by atoms with van der Waals surface area (Å²) >= 11 is 0. The predicted octanol–water partition coefficient (Wildman–Crippen LogP) is 3.19. The van der Waals surface area contributed by atoms with Gasteiger partial charge in [-0.15, -0.1) is 0 Å². The van der Waals surface area contributed by atoms with Crippen LogP contribution in [0.15, 0.2) is 12.3 Å². The quantitative estimate of drug-likeness (QED) is 0.871. The lowest BCUT2D eigenvalue weighted by Gasteiger charge is -2.30. The number of nitrogens with zero attached hydrogens (tertiary/aromatic N) is 4. The minimum Gasteiger partial charge on any atom is -0.341 e. The van der Waals surface area contributed by atoms with Crippen molar-refractivity contribution in [3.8, 4) is 0 Å². The molecule has 0 aliphatic heterocycles. The Morgan fingerprint density at radius 3 is 2.77 bits per heavy atom. The molecule has 0 N–H and O–H groups in total. The fraction of sp³-hybridized carbons (Fsp3) is 0.588. The molecule has 5 heteroatoms. The first kappa shape index (κ1) is 15.0. The first-order valence-corrected chi connectivity index (χ1v) is 8.07. The predicted molar refractivity (Wildman–Crippen MR) is 87.0 cm³/mol. The van der Waals surface area contributed by atoms with Crippen LogP contribution in [-0.4, -0.2) is 39.2 Å². The summed E-state index contributed by atoms with van der Waals surface area (Å²) in [5.41, 5.74) is 2.32. The molecule has 0 spiro atoms. The summed E-state index contributed by atoms with van der Waals surface area (Å²) in [6, 6.07) is 2.19. The van der Waals surface area contributed by atoms with Gasteiger partial charge in [0.2, 0.25) is 0 Å². The number of fused-ring (bicyclic) bond motifs is 1. The van der Waals surface area contributed by atoms with Gasteiger partial charge in [-0.25, -0.2) is 9.67 Å². The number of carbonyl (C=O) groups is 1. The number of pyridine rings is 1. The van der Waals surface area contributed by atoms with Crippen molar-refractivity contribution in [3.63, 3.8) is 0 Å². The molecule has 0 radical (unpaired) electrons. The lowest BCUT2D eigenvalue weighted by Crippen LogP contribution is -2.34. The summed E-state index contributed by atoms with van der Waals surface area (Å²) in [6.07, 6.45) is 5.59. The highest BCUT2D eigenvalue weighted by Gasteiger charge is 2.23. The van der Waals surface area contributed by atoms with Crippen molar-refractivity contribution < 1.29 is 4.79 Å². The van der Waals surface area contributed by atoms with E-state index in [-0.39, 0.29) is 11.9 Å². The molecule has 0 saturated heterocycles. The summed E-state index contributed by atoms with van der Waals surface area (Å²) in [5, 5.41) is 5.31. The third-order valence-electron chi connectivity index (χ3n) is 4.58. The molecule has 22 heavy (non-hydrogen) atoms. The summed E-state index contributed by atoms with van der Waals surface area (Å²) in [7, 11) is 1.89. The Bertz CT molecular complexity index is 700. The molecule has 1 saturated carbocycles. The average Bonchev–Trinajstić information content (AvgIpc) is 2.83. The Kier molecular flexibility index (Phi) is 3.89. The van der Waals surface area contributed by atoms with Crippen LogP contribution in [0.3, 0.4) is 0 Å². The van der Waals surface area contributed by atoms with Crippen molar-refractivity contribution in [3.05, 3.63) is 23.5 Å². The minimum atomic E-state index is 0.0658. The second-order valence-electron chi connectivity index (χ2n) is 6.70. The molecule has 0 bridgehead atoms. The van der Waals surface area contributed by atoms with Gasteiger partial charge in [-0.2, -0.15) is 5.10 Å². The van der Waals surface area contributed by atoms with E-state index in [1.54, 1.807) is 6.20 Å². The largest absolute Gasteiger partial charge is 0.341 e. The molecule has 0 atom stereocenters. The number of hydrogen-bond donors (Lipinski definition) is 0. The van der Waals surface area contributed by atoms with Crippen LogP contribution in [0.4, 0.5) is 0 Å². The number of amides is 1. The van der Waals surface area contributed by atoms with Crippen LogP contribution in [0.25, 0.3) is 11.0 Å². The van der Waals surface area contributed by atoms with Gasteiger partial charge in [0.1, 0.15) is 0 Å².